The molecule has 3 atom stereocenters. The van der Waals surface area contributed by atoms with Crippen LogP contribution in [0.2, 0.25) is 5.02 Å². The van der Waals surface area contributed by atoms with E-state index < -0.39 is 5.82 Å². The molecule has 0 spiro atoms. The van der Waals surface area contributed by atoms with E-state index in [1.165, 1.54) is 25.0 Å². The summed E-state index contributed by atoms with van der Waals surface area (Å²) in [4.78, 5) is 11.3. The number of halogens is 2. The number of piperidine rings is 1. The molecule has 5 rings (SSSR count). The molecule has 10 heteroatoms. The number of hydrogen-bond donors (Lipinski definition) is 0. The molecular formula is C22H26ClFN6O2. The minimum Gasteiger partial charge on any atom is -0.424 e. The van der Waals surface area contributed by atoms with Crippen LogP contribution in [0.4, 0.5) is 10.4 Å². The summed E-state index contributed by atoms with van der Waals surface area (Å²) >= 11 is 5.97. The first-order valence-electron chi connectivity index (χ1n) is 11.0. The summed E-state index contributed by atoms with van der Waals surface area (Å²) < 4.78 is 26.7. The third-order valence-corrected chi connectivity index (χ3v) is 6.63. The zero-order chi connectivity index (χ0) is 22.4. The van der Waals surface area contributed by atoms with E-state index in [1.54, 1.807) is 10.7 Å². The molecule has 1 aliphatic heterocycles. The zero-order valence-corrected chi connectivity index (χ0v) is 19.1. The summed E-state index contributed by atoms with van der Waals surface area (Å²) in [6.45, 7) is 7.66. The van der Waals surface area contributed by atoms with E-state index in [1.807, 2.05) is 20.8 Å². The second-order valence-electron chi connectivity index (χ2n) is 9.05. The molecule has 1 saturated heterocycles. The van der Waals surface area contributed by atoms with Crippen molar-refractivity contribution in [1.29, 1.82) is 0 Å². The second-order valence-corrected chi connectivity index (χ2v) is 9.49. The minimum atomic E-state index is -0.455. The van der Waals surface area contributed by atoms with Crippen molar-refractivity contribution in [2.75, 3.05) is 18.0 Å². The van der Waals surface area contributed by atoms with Crippen molar-refractivity contribution in [2.45, 2.75) is 46.1 Å². The van der Waals surface area contributed by atoms with E-state index in [-0.39, 0.29) is 11.1 Å². The lowest BCUT2D eigenvalue weighted by atomic mass is 9.82. The van der Waals surface area contributed by atoms with Gasteiger partial charge in [-0.25, -0.2) is 9.07 Å². The van der Waals surface area contributed by atoms with Crippen LogP contribution in [0.5, 0.6) is 11.8 Å². The minimum absolute atomic E-state index is 0.0506. The zero-order valence-electron chi connectivity index (χ0n) is 18.3. The van der Waals surface area contributed by atoms with Gasteiger partial charge >= 0.3 is 12.0 Å². The first-order chi connectivity index (χ1) is 15.4. The number of aromatic nitrogens is 5. The predicted octanol–water partition coefficient (Wildman–Crippen LogP) is 4.84. The lowest BCUT2D eigenvalue weighted by Crippen LogP contribution is -2.43. The van der Waals surface area contributed by atoms with Gasteiger partial charge in [-0.3, -0.25) is 0 Å². The number of benzene rings is 1. The van der Waals surface area contributed by atoms with Gasteiger partial charge in [-0.1, -0.05) is 16.8 Å². The SMILES string of the molecule is Cc1noc(N2C[C@H]3CC[C@@H](C2)C3Cc2nc(Oc3cc(F)cc(Cl)c3)n(C(C)C)n2)n1. The molecule has 3 aromatic rings. The molecular weight excluding hydrogens is 435 g/mol. The lowest BCUT2D eigenvalue weighted by Gasteiger charge is -2.36. The molecule has 8 nitrogen and oxygen atoms in total. The van der Waals surface area contributed by atoms with Crippen LogP contribution >= 0.6 is 11.6 Å². The van der Waals surface area contributed by atoms with E-state index in [2.05, 4.69) is 20.0 Å². The number of hydrogen-bond acceptors (Lipinski definition) is 7. The number of nitrogens with zero attached hydrogens (tertiary/aromatic N) is 6. The van der Waals surface area contributed by atoms with Gasteiger partial charge in [-0.2, -0.15) is 15.1 Å². The Bertz CT molecular complexity index is 1080. The van der Waals surface area contributed by atoms with Crippen LogP contribution in [0, 0.1) is 30.5 Å². The summed E-state index contributed by atoms with van der Waals surface area (Å²) in [7, 11) is 0. The maximum atomic E-state index is 13.7. The first kappa shape index (κ1) is 21.2. The highest BCUT2D eigenvalue weighted by molar-refractivity contribution is 6.30. The predicted molar refractivity (Wildman–Crippen MR) is 117 cm³/mol. The topological polar surface area (TPSA) is 82.1 Å². The molecule has 0 N–H and O–H groups in total. The highest BCUT2D eigenvalue weighted by Gasteiger charge is 2.43. The Hall–Kier alpha value is -2.68. The Morgan fingerprint density at radius 3 is 2.56 bits per heavy atom. The van der Waals surface area contributed by atoms with Crippen LogP contribution < -0.4 is 9.64 Å². The van der Waals surface area contributed by atoms with E-state index >= 15 is 0 Å². The molecule has 0 amide bonds. The molecule has 0 radical (unpaired) electrons. The summed E-state index contributed by atoms with van der Waals surface area (Å²) in [6, 6.07) is 5.12. The Balaban J connectivity index is 1.33. The van der Waals surface area contributed by atoms with Crippen LogP contribution in [0.3, 0.4) is 0 Å². The summed E-state index contributed by atoms with van der Waals surface area (Å²) in [5.41, 5.74) is 0. The number of anilines is 1. The van der Waals surface area contributed by atoms with E-state index in [9.17, 15) is 4.39 Å². The fraction of sp³-hybridized carbons (Fsp3) is 0.545. The van der Waals surface area contributed by atoms with Gasteiger partial charge in [-0.05, 0) is 63.5 Å². The van der Waals surface area contributed by atoms with Gasteiger partial charge in [0.15, 0.2) is 11.6 Å². The van der Waals surface area contributed by atoms with Crippen molar-refractivity contribution in [3.63, 3.8) is 0 Å². The van der Waals surface area contributed by atoms with E-state index in [0.717, 1.165) is 25.3 Å². The van der Waals surface area contributed by atoms with Crippen LogP contribution in [-0.4, -0.2) is 38.0 Å². The third kappa shape index (κ3) is 4.18. The van der Waals surface area contributed by atoms with Crippen molar-refractivity contribution in [1.82, 2.24) is 24.9 Å². The molecule has 3 heterocycles. The number of fused-ring (bicyclic) bond motifs is 2. The number of ether oxygens (including phenoxy) is 1. The molecule has 1 aromatic carbocycles. The molecule has 2 bridgehead atoms. The van der Waals surface area contributed by atoms with Crippen molar-refractivity contribution in [2.24, 2.45) is 17.8 Å². The molecule has 170 valence electrons. The molecule has 1 unspecified atom stereocenters. The van der Waals surface area contributed by atoms with Gasteiger partial charge in [-0.15, -0.1) is 0 Å². The van der Waals surface area contributed by atoms with Crippen molar-refractivity contribution >= 4 is 17.6 Å². The van der Waals surface area contributed by atoms with Gasteiger partial charge in [0, 0.05) is 30.6 Å². The average molecular weight is 461 g/mol. The fourth-order valence-electron chi connectivity index (χ4n) is 4.99. The fourth-order valence-corrected chi connectivity index (χ4v) is 5.20. The van der Waals surface area contributed by atoms with Crippen molar-refractivity contribution < 1.29 is 13.7 Å². The van der Waals surface area contributed by atoms with Crippen LogP contribution in [0.1, 0.15) is 44.4 Å². The van der Waals surface area contributed by atoms with Crippen molar-refractivity contribution in [3.05, 3.63) is 40.7 Å². The monoisotopic (exact) mass is 460 g/mol. The standard InChI is InChI=1S/C22H26ClFN6O2/c1-12(2)30-22(31-18-7-16(23)6-17(24)8-18)26-20(27-30)9-19-14-4-5-15(19)11-29(10-14)21-25-13(3)28-32-21/h6-8,12,14-15,19H,4-5,9-11H2,1-3H3/t14-,15+,19?. The van der Waals surface area contributed by atoms with Gasteiger partial charge in [0.25, 0.3) is 0 Å². The summed E-state index contributed by atoms with van der Waals surface area (Å²) in [5.74, 6) is 2.80. The summed E-state index contributed by atoms with van der Waals surface area (Å²) in [6.07, 6.45) is 3.13. The Kier molecular flexibility index (Phi) is 5.53. The Morgan fingerprint density at radius 1 is 1.19 bits per heavy atom. The smallest absolute Gasteiger partial charge is 0.324 e. The molecule has 32 heavy (non-hydrogen) atoms. The molecule has 1 saturated carbocycles. The van der Waals surface area contributed by atoms with E-state index in [0.29, 0.717) is 41.4 Å². The van der Waals surface area contributed by atoms with Gasteiger partial charge in [0.1, 0.15) is 11.6 Å². The lowest BCUT2D eigenvalue weighted by molar-refractivity contribution is 0.253. The van der Waals surface area contributed by atoms with Crippen molar-refractivity contribution in [3.8, 4) is 11.8 Å². The maximum absolute atomic E-state index is 13.7. The van der Waals surface area contributed by atoms with Gasteiger partial charge < -0.3 is 14.2 Å². The third-order valence-electron chi connectivity index (χ3n) is 6.41. The molecule has 2 aromatic heterocycles. The quantitative estimate of drug-likeness (QED) is 0.520. The summed E-state index contributed by atoms with van der Waals surface area (Å²) in [5, 5.41) is 8.92. The Morgan fingerprint density at radius 2 is 1.94 bits per heavy atom. The highest BCUT2D eigenvalue weighted by atomic mass is 35.5. The largest absolute Gasteiger partial charge is 0.424 e. The van der Waals surface area contributed by atoms with Crippen LogP contribution in [0.15, 0.2) is 22.7 Å². The normalized spacial score (nSPS) is 22.7. The Labute approximate surface area is 190 Å². The second kappa shape index (κ2) is 8.35. The number of rotatable bonds is 6. The van der Waals surface area contributed by atoms with Crippen LogP contribution in [0.25, 0.3) is 0 Å². The average Bonchev–Trinajstić information content (AvgIpc) is 3.38. The van der Waals surface area contributed by atoms with E-state index in [4.69, 9.17) is 26.0 Å². The number of aryl methyl sites for hydroxylation is 1. The van der Waals surface area contributed by atoms with Crippen LogP contribution in [-0.2, 0) is 6.42 Å². The van der Waals surface area contributed by atoms with Gasteiger partial charge in [0.2, 0.25) is 0 Å². The molecule has 1 aliphatic carbocycles. The maximum Gasteiger partial charge on any atom is 0.324 e. The molecule has 2 aliphatic rings. The highest BCUT2D eigenvalue weighted by Crippen LogP contribution is 2.44. The first-order valence-corrected chi connectivity index (χ1v) is 11.4. The van der Waals surface area contributed by atoms with Gasteiger partial charge in [0.05, 0.1) is 6.04 Å². The molecule has 2 fully saturated rings.